The van der Waals surface area contributed by atoms with Crippen molar-refractivity contribution in [2.75, 3.05) is 13.1 Å². The number of amides is 1. The Morgan fingerprint density at radius 1 is 0.926 bits per heavy atom. The zero-order valence-corrected chi connectivity index (χ0v) is 16.4. The van der Waals surface area contributed by atoms with Crippen LogP contribution >= 0.6 is 0 Å². The maximum absolute atomic E-state index is 12.2. The number of likely N-dealkylation sites (tertiary alicyclic amines) is 1. The molecule has 2 aromatic rings. The number of rotatable bonds is 4. The highest BCUT2D eigenvalue weighted by atomic mass is 16.6. The summed E-state index contributed by atoms with van der Waals surface area (Å²) in [6.45, 7) is 7.01. The second-order valence-electron chi connectivity index (χ2n) is 8.00. The van der Waals surface area contributed by atoms with Gasteiger partial charge in [0.25, 0.3) is 0 Å². The monoisotopic (exact) mass is 367 g/mol. The van der Waals surface area contributed by atoms with E-state index in [1.807, 2.05) is 57.2 Å². The smallest absolute Gasteiger partial charge is 0.410 e. The summed E-state index contributed by atoms with van der Waals surface area (Å²) in [5, 5.41) is 0. The summed E-state index contributed by atoms with van der Waals surface area (Å²) < 4.78 is 12.0. The molecule has 0 spiro atoms. The summed E-state index contributed by atoms with van der Waals surface area (Å²) in [6.07, 6.45) is 1.42. The first-order chi connectivity index (χ1) is 12.9. The van der Waals surface area contributed by atoms with E-state index in [1.54, 1.807) is 4.90 Å². The Morgan fingerprint density at radius 2 is 1.41 bits per heavy atom. The van der Waals surface area contributed by atoms with Gasteiger partial charge in [-0.2, -0.15) is 0 Å². The summed E-state index contributed by atoms with van der Waals surface area (Å²) >= 11 is 0. The molecule has 27 heavy (non-hydrogen) atoms. The van der Waals surface area contributed by atoms with Crippen LogP contribution in [-0.2, 0) is 9.47 Å². The van der Waals surface area contributed by atoms with Gasteiger partial charge in [-0.05, 0) is 44.7 Å². The molecule has 0 saturated carbocycles. The molecule has 1 amide bonds. The van der Waals surface area contributed by atoms with E-state index < -0.39 is 5.60 Å². The van der Waals surface area contributed by atoms with E-state index in [0.29, 0.717) is 13.1 Å². The zero-order valence-electron chi connectivity index (χ0n) is 16.4. The van der Waals surface area contributed by atoms with E-state index in [1.165, 1.54) is 0 Å². The fourth-order valence-electron chi connectivity index (χ4n) is 3.30. The number of benzene rings is 2. The number of carbonyl (C=O) groups is 1. The van der Waals surface area contributed by atoms with Crippen molar-refractivity contribution in [3.63, 3.8) is 0 Å². The van der Waals surface area contributed by atoms with Crippen molar-refractivity contribution in [2.45, 2.75) is 51.4 Å². The minimum atomic E-state index is -0.462. The normalized spacial score (nSPS) is 15.8. The molecule has 1 aliphatic rings. The Kier molecular flexibility index (Phi) is 6.17. The van der Waals surface area contributed by atoms with Gasteiger partial charge < -0.3 is 14.4 Å². The zero-order chi connectivity index (χ0) is 19.3. The molecule has 1 fully saturated rings. The predicted octanol–water partition coefficient (Wildman–Crippen LogP) is 5.19. The number of ether oxygens (including phenoxy) is 2. The SMILES string of the molecule is CC(C)(C)OC(=O)N1CCC(OC(c2ccccc2)c2ccccc2)CC1. The van der Waals surface area contributed by atoms with Gasteiger partial charge in [0.15, 0.2) is 0 Å². The van der Waals surface area contributed by atoms with Crippen LogP contribution in [-0.4, -0.2) is 35.8 Å². The van der Waals surface area contributed by atoms with Crippen LogP contribution in [0, 0.1) is 0 Å². The molecule has 1 saturated heterocycles. The molecule has 1 heterocycles. The van der Waals surface area contributed by atoms with E-state index in [0.717, 1.165) is 24.0 Å². The molecule has 0 aliphatic carbocycles. The summed E-state index contributed by atoms with van der Waals surface area (Å²) in [7, 11) is 0. The van der Waals surface area contributed by atoms with E-state index in [9.17, 15) is 4.79 Å². The van der Waals surface area contributed by atoms with Crippen molar-refractivity contribution in [2.24, 2.45) is 0 Å². The van der Waals surface area contributed by atoms with Gasteiger partial charge >= 0.3 is 6.09 Å². The Morgan fingerprint density at radius 3 is 1.85 bits per heavy atom. The van der Waals surface area contributed by atoms with Gasteiger partial charge in [-0.1, -0.05) is 60.7 Å². The number of nitrogens with zero attached hydrogens (tertiary/aromatic N) is 1. The maximum atomic E-state index is 12.2. The Bertz CT molecular complexity index is 677. The number of hydrogen-bond acceptors (Lipinski definition) is 3. The molecule has 4 heteroatoms. The van der Waals surface area contributed by atoms with Gasteiger partial charge in [-0.15, -0.1) is 0 Å². The largest absolute Gasteiger partial charge is 0.444 e. The first-order valence-electron chi connectivity index (χ1n) is 9.66. The Balaban J connectivity index is 1.64. The lowest BCUT2D eigenvalue weighted by atomic mass is 10.00. The van der Waals surface area contributed by atoms with Gasteiger partial charge in [0, 0.05) is 13.1 Å². The van der Waals surface area contributed by atoms with Gasteiger partial charge in [0.2, 0.25) is 0 Å². The lowest BCUT2D eigenvalue weighted by molar-refractivity contribution is -0.0338. The van der Waals surface area contributed by atoms with Crippen molar-refractivity contribution >= 4 is 6.09 Å². The number of hydrogen-bond donors (Lipinski definition) is 0. The highest BCUT2D eigenvalue weighted by Crippen LogP contribution is 2.30. The Labute approximate surface area is 162 Å². The molecule has 1 aliphatic heterocycles. The summed E-state index contributed by atoms with van der Waals surface area (Å²) in [5.74, 6) is 0. The van der Waals surface area contributed by atoms with Crippen LogP contribution in [0.3, 0.4) is 0 Å². The fraction of sp³-hybridized carbons (Fsp3) is 0.435. The van der Waals surface area contributed by atoms with Gasteiger partial charge in [-0.25, -0.2) is 4.79 Å². The molecule has 0 atom stereocenters. The molecule has 0 radical (unpaired) electrons. The second kappa shape index (κ2) is 8.57. The predicted molar refractivity (Wildman–Crippen MR) is 107 cm³/mol. The molecule has 0 unspecified atom stereocenters. The molecule has 144 valence electrons. The topological polar surface area (TPSA) is 38.8 Å². The number of piperidine rings is 1. The van der Waals surface area contributed by atoms with E-state index >= 15 is 0 Å². The van der Waals surface area contributed by atoms with E-state index in [4.69, 9.17) is 9.47 Å². The van der Waals surface area contributed by atoms with Gasteiger partial charge in [-0.3, -0.25) is 0 Å². The molecule has 0 bridgehead atoms. The summed E-state index contributed by atoms with van der Waals surface area (Å²) in [5.41, 5.74) is 1.84. The molecule has 0 N–H and O–H groups in total. The standard InChI is InChI=1S/C23H29NO3/c1-23(2,3)27-22(25)24-16-14-20(15-17-24)26-21(18-10-6-4-7-11-18)19-12-8-5-9-13-19/h4-13,20-21H,14-17H2,1-3H3. The molecule has 3 rings (SSSR count). The Hall–Kier alpha value is -2.33. The summed E-state index contributed by atoms with van der Waals surface area (Å²) in [6, 6.07) is 20.6. The lowest BCUT2D eigenvalue weighted by Gasteiger charge is -2.35. The maximum Gasteiger partial charge on any atom is 0.410 e. The minimum absolute atomic E-state index is 0.0922. The van der Waals surface area contributed by atoms with Crippen LogP contribution in [0.2, 0.25) is 0 Å². The lowest BCUT2D eigenvalue weighted by Crippen LogP contribution is -2.43. The quantitative estimate of drug-likeness (QED) is 0.746. The molecular weight excluding hydrogens is 338 g/mol. The molecule has 2 aromatic carbocycles. The van der Waals surface area contributed by atoms with Crippen molar-refractivity contribution in [3.8, 4) is 0 Å². The third-order valence-corrected chi connectivity index (χ3v) is 4.63. The van der Waals surface area contributed by atoms with Gasteiger partial charge in [0.1, 0.15) is 11.7 Å². The second-order valence-corrected chi connectivity index (χ2v) is 8.00. The van der Waals surface area contributed by atoms with Crippen LogP contribution in [0.5, 0.6) is 0 Å². The van der Waals surface area contributed by atoms with Crippen molar-refractivity contribution < 1.29 is 14.3 Å². The fourth-order valence-corrected chi connectivity index (χ4v) is 3.30. The average molecular weight is 367 g/mol. The third-order valence-electron chi connectivity index (χ3n) is 4.63. The van der Waals surface area contributed by atoms with Crippen LogP contribution in [0.1, 0.15) is 50.8 Å². The van der Waals surface area contributed by atoms with Crippen LogP contribution in [0.25, 0.3) is 0 Å². The highest BCUT2D eigenvalue weighted by molar-refractivity contribution is 5.68. The van der Waals surface area contributed by atoms with Crippen molar-refractivity contribution in [1.82, 2.24) is 4.90 Å². The van der Waals surface area contributed by atoms with Crippen molar-refractivity contribution in [1.29, 1.82) is 0 Å². The third kappa shape index (κ3) is 5.57. The van der Waals surface area contributed by atoms with Crippen molar-refractivity contribution in [3.05, 3.63) is 71.8 Å². The molecule has 0 aromatic heterocycles. The van der Waals surface area contributed by atoms with E-state index in [2.05, 4.69) is 24.3 Å². The summed E-state index contributed by atoms with van der Waals surface area (Å²) in [4.78, 5) is 14.0. The first-order valence-corrected chi connectivity index (χ1v) is 9.66. The van der Waals surface area contributed by atoms with Crippen LogP contribution in [0.4, 0.5) is 4.79 Å². The average Bonchev–Trinajstić information content (AvgIpc) is 2.66. The van der Waals surface area contributed by atoms with Crippen LogP contribution in [0.15, 0.2) is 60.7 Å². The first kappa shape index (κ1) is 19.4. The molecular formula is C23H29NO3. The van der Waals surface area contributed by atoms with Crippen LogP contribution < -0.4 is 0 Å². The molecule has 4 nitrogen and oxygen atoms in total. The minimum Gasteiger partial charge on any atom is -0.444 e. The number of carbonyl (C=O) groups excluding carboxylic acids is 1. The van der Waals surface area contributed by atoms with E-state index in [-0.39, 0.29) is 18.3 Å². The highest BCUT2D eigenvalue weighted by Gasteiger charge is 2.29. The van der Waals surface area contributed by atoms with Gasteiger partial charge in [0.05, 0.1) is 6.10 Å².